The third-order valence-corrected chi connectivity index (χ3v) is 8.44. The largest absolute Gasteiger partial charge is 0.323 e. The van der Waals surface area contributed by atoms with Gasteiger partial charge in [0.05, 0.1) is 10.6 Å². The van der Waals surface area contributed by atoms with Gasteiger partial charge in [-0.1, -0.05) is 6.07 Å². The van der Waals surface area contributed by atoms with Crippen LogP contribution in [-0.2, 0) is 27.7 Å². The summed E-state index contributed by atoms with van der Waals surface area (Å²) in [6.07, 6.45) is 10.3. The molecular formula is C24H27N5O3S. The number of nitrogens with one attached hydrogen (secondary N) is 1. The van der Waals surface area contributed by atoms with E-state index in [9.17, 15) is 13.2 Å². The smallest absolute Gasteiger partial charge is 0.243 e. The maximum atomic E-state index is 13.2. The fraction of sp³-hybridized carbons (Fsp3) is 0.375. The van der Waals surface area contributed by atoms with Crippen molar-refractivity contribution in [1.29, 1.82) is 0 Å². The second kappa shape index (κ2) is 9.07. The van der Waals surface area contributed by atoms with E-state index in [0.29, 0.717) is 42.3 Å². The van der Waals surface area contributed by atoms with Crippen molar-refractivity contribution in [2.45, 2.75) is 43.4 Å². The van der Waals surface area contributed by atoms with Crippen LogP contribution >= 0.6 is 0 Å². The molecule has 1 aliphatic carbocycles. The summed E-state index contributed by atoms with van der Waals surface area (Å²) in [5.41, 5.74) is 3.00. The molecule has 1 N–H and O–H groups in total. The maximum Gasteiger partial charge on any atom is 0.243 e. The van der Waals surface area contributed by atoms with Crippen LogP contribution in [-0.4, -0.2) is 46.5 Å². The van der Waals surface area contributed by atoms with Gasteiger partial charge in [0, 0.05) is 37.6 Å². The quantitative estimate of drug-likeness (QED) is 0.624. The summed E-state index contributed by atoms with van der Waals surface area (Å²) in [6.45, 7) is 0.660. The summed E-state index contributed by atoms with van der Waals surface area (Å²) in [5.74, 6) is 0.163. The van der Waals surface area contributed by atoms with Crippen LogP contribution < -0.4 is 5.32 Å². The van der Waals surface area contributed by atoms with Crippen molar-refractivity contribution in [2.75, 3.05) is 18.4 Å². The van der Waals surface area contributed by atoms with Gasteiger partial charge in [0.25, 0.3) is 0 Å². The first kappa shape index (κ1) is 21.8. The van der Waals surface area contributed by atoms with Crippen LogP contribution in [0.15, 0.2) is 59.9 Å². The van der Waals surface area contributed by atoms with Crippen molar-refractivity contribution in [3.63, 3.8) is 0 Å². The number of amides is 1. The number of anilines is 1. The fourth-order valence-corrected chi connectivity index (χ4v) is 6.20. The monoisotopic (exact) mass is 465 g/mol. The van der Waals surface area contributed by atoms with Crippen molar-refractivity contribution in [1.82, 2.24) is 19.1 Å². The number of fused-ring (bicyclic) bond motifs is 1. The molecule has 0 unspecified atom stereocenters. The number of aromatic nitrogens is 3. The number of pyridine rings is 1. The SMILES string of the molecule is O=C(Nc1cccnc1-n1cccn1)C1CCN(S(=O)(=O)c2ccc3c(c2)CCCC3)CC1. The Morgan fingerprint density at radius 3 is 2.55 bits per heavy atom. The van der Waals surface area contributed by atoms with E-state index >= 15 is 0 Å². The summed E-state index contributed by atoms with van der Waals surface area (Å²) < 4.78 is 29.6. The molecule has 1 amide bonds. The molecule has 3 aromatic rings. The van der Waals surface area contributed by atoms with Gasteiger partial charge < -0.3 is 5.32 Å². The molecule has 3 heterocycles. The van der Waals surface area contributed by atoms with Gasteiger partial charge in [-0.15, -0.1) is 0 Å². The summed E-state index contributed by atoms with van der Waals surface area (Å²) in [5, 5.41) is 7.15. The van der Waals surface area contributed by atoms with Gasteiger partial charge in [0.15, 0.2) is 5.82 Å². The van der Waals surface area contributed by atoms with Gasteiger partial charge in [-0.25, -0.2) is 18.1 Å². The average molecular weight is 466 g/mol. The fourth-order valence-electron chi connectivity index (χ4n) is 4.68. The number of hydrogen-bond acceptors (Lipinski definition) is 5. The Kier molecular flexibility index (Phi) is 5.99. The lowest BCUT2D eigenvalue weighted by Gasteiger charge is -2.31. The highest BCUT2D eigenvalue weighted by molar-refractivity contribution is 7.89. The zero-order chi connectivity index (χ0) is 22.8. The lowest BCUT2D eigenvalue weighted by atomic mass is 9.92. The Balaban J connectivity index is 1.25. The number of carbonyl (C=O) groups is 1. The van der Waals surface area contributed by atoms with Crippen molar-refractivity contribution >= 4 is 21.6 Å². The molecule has 9 heteroatoms. The van der Waals surface area contributed by atoms with Crippen LogP contribution in [0.5, 0.6) is 0 Å². The second-order valence-corrected chi connectivity index (χ2v) is 10.6. The van der Waals surface area contributed by atoms with Crippen molar-refractivity contribution in [3.8, 4) is 5.82 Å². The Morgan fingerprint density at radius 1 is 1.00 bits per heavy atom. The number of carbonyl (C=O) groups excluding carboxylic acids is 1. The molecule has 5 rings (SSSR count). The molecule has 33 heavy (non-hydrogen) atoms. The molecule has 0 bridgehead atoms. The van der Waals surface area contributed by atoms with Crippen LogP contribution in [0.3, 0.4) is 0 Å². The van der Waals surface area contributed by atoms with E-state index in [1.54, 1.807) is 47.5 Å². The molecule has 172 valence electrons. The highest BCUT2D eigenvalue weighted by Crippen LogP contribution is 2.29. The van der Waals surface area contributed by atoms with Gasteiger partial charge in [0.2, 0.25) is 15.9 Å². The summed E-state index contributed by atoms with van der Waals surface area (Å²) in [7, 11) is -3.56. The summed E-state index contributed by atoms with van der Waals surface area (Å²) in [6, 6.07) is 10.9. The number of aryl methyl sites for hydroxylation is 2. The first-order valence-electron chi connectivity index (χ1n) is 11.4. The molecule has 1 aliphatic heterocycles. The van der Waals surface area contributed by atoms with Crippen molar-refractivity contribution < 1.29 is 13.2 Å². The molecule has 1 fully saturated rings. The molecule has 2 aromatic heterocycles. The van der Waals surface area contributed by atoms with Crippen molar-refractivity contribution in [3.05, 3.63) is 66.1 Å². The van der Waals surface area contributed by atoms with Crippen LogP contribution in [0.4, 0.5) is 5.69 Å². The van der Waals surface area contributed by atoms with Gasteiger partial charge in [-0.2, -0.15) is 9.40 Å². The molecule has 2 aliphatic rings. The average Bonchev–Trinajstić information content (AvgIpc) is 3.39. The first-order valence-corrected chi connectivity index (χ1v) is 12.8. The number of rotatable bonds is 5. The zero-order valence-electron chi connectivity index (χ0n) is 18.4. The molecule has 0 spiro atoms. The molecule has 8 nitrogen and oxygen atoms in total. The lowest BCUT2D eigenvalue weighted by molar-refractivity contribution is -0.120. The number of benzene rings is 1. The number of nitrogens with zero attached hydrogens (tertiary/aromatic N) is 4. The minimum atomic E-state index is -3.56. The predicted molar refractivity (Wildman–Crippen MR) is 125 cm³/mol. The summed E-state index contributed by atoms with van der Waals surface area (Å²) in [4.78, 5) is 17.6. The third-order valence-electron chi connectivity index (χ3n) is 6.55. The van der Waals surface area contributed by atoms with E-state index in [2.05, 4.69) is 15.4 Å². The van der Waals surface area contributed by atoms with E-state index < -0.39 is 10.0 Å². The van der Waals surface area contributed by atoms with Crippen LogP contribution in [0, 0.1) is 5.92 Å². The van der Waals surface area contributed by atoms with E-state index in [0.717, 1.165) is 31.2 Å². The van der Waals surface area contributed by atoms with E-state index in [1.165, 1.54) is 9.87 Å². The molecule has 1 saturated heterocycles. The minimum Gasteiger partial charge on any atom is -0.323 e. The van der Waals surface area contributed by atoms with Crippen LogP contribution in [0.25, 0.3) is 5.82 Å². The minimum absolute atomic E-state index is 0.123. The highest BCUT2D eigenvalue weighted by atomic mass is 32.2. The third kappa shape index (κ3) is 4.43. The normalized spacial score (nSPS) is 17.5. The van der Waals surface area contributed by atoms with E-state index in [4.69, 9.17) is 0 Å². The topological polar surface area (TPSA) is 97.2 Å². The molecule has 1 aromatic carbocycles. The van der Waals surface area contributed by atoms with E-state index in [1.807, 2.05) is 12.1 Å². The zero-order valence-corrected chi connectivity index (χ0v) is 19.2. The van der Waals surface area contributed by atoms with Crippen LogP contribution in [0.1, 0.15) is 36.8 Å². The number of hydrogen-bond donors (Lipinski definition) is 1. The number of piperidine rings is 1. The van der Waals surface area contributed by atoms with Crippen molar-refractivity contribution in [2.24, 2.45) is 5.92 Å². The van der Waals surface area contributed by atoms with Crippen LogP contribution in [0.2, 0.25) is 0 Å². The van der Waals surface area contributed by atoms with Gasteiger partial charge >= 0.3 is 0 Å². The number of sulfonamides is 1. The highest BCUT2D eigenvalue weighted by Gasteiger charge is 2.32. The molecule has 0 atom stereocenters. The van der Waals surface area contributed by atoms with Gasteiger partial charge in [-0.05, 0) is 80.0 Å². The summed E-state index contributed by atoms with van der Waals surface area (Å²) >= 11 is 0. The second-order valence-electron chi connectivity index (χ2n) is 8.63. The first-order chi connectivity index (χ1) is 16.0. The standard InChI is InChI=1S/C24H27N5O3S/c30-24(27-22-7-3-12-25-23(22)29-14-4-13-26-29)19-10-15-28(16-11-19)33(31,32)21-9-8-18-5-1-2-6-20(18)17-21/h3-4,7-9,12-14,17,19H,1-2,5-6,10-11,15-16H2,(H,27,30). The van der Waals surface area contributed by atoms with Gasteiger partial charge in [0.1, 0.15) is 0 Å². The van der Waals surface area contributed by atoms with Gasteiger partial charge in [-0.3, -0.25) is 4.79 Å². The Morgan fingerprint density at radius 2 is 1.79 bits per heavy atom. The van der Waals surface area contributed by atoms with E-state index in [-0.39, 0.29) is 11.8 Å². The Hall–Kier alpha value is -3.04. The lowest BCUT2D eigenvalue weighted by Crippen LogP contribution is -2.41. The predicted octanol–water partition coefficient (Wildman–Crippen LogP) is 3.19. The Labute approximate surface area is 193 Å². The molecular weight excluding hydrogens is 438 g/mol. The molecule has 0 saturated carbocycles. The maximum absolute atomic E-state index is 13.2. The Bertz CT molecular complexity index is 1250. The molecule has 0 radical (unpaired) electrons.